The van der Waals surface area contributed by atoms with Gasteiger partial charge in [0, 0.05) is 35.2 Å². The first kappa shape index (κ1) is 25.9. The van der Waals surface area contributed by atoms with E-state index in [0.29, 0.717) is 46.8 Å². The fourth-order valence-corrected chi connectivity index (χ4v) is 4.34. The Balaban J connectivity index is 2.13. The predicted octanol–water partition coefficient (Wildman–Crippen LogP) is 6.46. The highest BCUT2D eigenvalue weighted by molar-refractivity contribution is 7.99. The van der Waals surface area contributed by atoms with Gasteiger partial charge >= 0.3 is 0 Å². The molecule has 0 aromatic heterocycles. The van der Waals surface area contributed by atoms with Gasteiger partial charge in [0.25, 0.3) is 0 Å². The molecule has 0 fully saturated rings. The second-order valence-electron chi connectivity index (χ2n) is 7.04. The maximum atomic E-state index is 13.2. The van der Waals surface area contributed by atoms with Crippen LogP contribution in [0.4, 0.5) is 0 Å². The maximum Gasteiger partial charge on any atom is 0.242 e. The van der Waals surface area contributed by atoms with Crippen LogP contribution >= 0.6 is 46.6 Å². The summed E-state index contributed by atoms with van der Waals surface area (Å²) in [5, 5.41) is 4.47. The number of halogens is 3. The summed E-state index contributed by atoms with van der Waals surface area (Å²) in [6.45, 7) is 4.78. The van der Waals surface area contributed by atoms with E-state index in [-0.39, 0.29) is 11.8 Å². The highest BCUT2D eigenvalue weighted by Gasteiger charge is 2.28. The molecule has 4 nitrogen and oxygen atoms in total. The average molecular weight is 502 g/mol. The largest absolute Gasteiger partial charge is 0.354 e. The Morgan fingerprint density at radius 3 is 2.35 bits per heavy atom. The van der Waals surface area contributed by atoms with Gasteiger partial charge in [0.2, 0.25) is 11.8 Å². The third kappa shape index (κ3) is 8.23. The molecular formula is C23H27Cl3N2O2S. The van der Waals surface area contributed by atoms with Gasteiger partial charge in [-0.3, -0.25) is 9.59 Å². The van der Waals surface area contributed by atoms with E-state index >= 15 is 0 Å². The quantitative estimate of drug-likeness (QED) is 0.359. The molecule has 2 rings (SSSR count). The van der Waals surface area contributed by atoms with Crippen LogP contribution in [0.2, 0.25) is 15.1 Å². The van der Waals surface area contributed by atoms with Crippen molar-refractivity contribution in [1.82, 2.24) is 10.2 Å². The highest BCUT2D eigenvalue weighted by atomic mass is 35.5. The zero-order chi connectivity index (χ0) is 22.8. The van der Waals surface area contributed by atoms with Crippen LogP contribution in [0.5, 0.6) is 0 Å². The van der Waals surface area contributed by atoms with Crippen LogP contribution in [0.25, 0.3) is 0 Å². The van der Waals surface area contributed by atoms with Crippen molar-refractivity contribution in [2.24, 2.45) is 0 Å². The molecule has 2 aromatic rings. The first-order valence-corrected chi connectivity index (χ1v) is 12.4. The van der Waals surface area contributed by atoms with Crippen molar-refractivity contribution in [2.75, 3.05) is 12.3 Å². The van der Waals surface area contributed by atoms with E-state index in [9.17, 15) is 9.59 Å². The number of nitrogens with zero attached hydrogens (tertiary/aromatic N) is 1. The van der Waals surface area contributed by atoms with Gasteiger partial charge in [0.05, 0.1) is 10.0 Å². The first-order chi connectivity index (χ1) is 14.8. The Kier molecular flexibility index (Phi) is 11.0. The summed E-state index contributed by atoms with van der Waals surface area (Å²) in [5.74, 6) is 0.389. The van der Waals surface area contributed by atoms with Gasteiger partial charge < -0.3 is 10.2 Å². The van der Waals surface area contributed by atoms with Crippen LogP contribution in [0.15, 0.2) is 47.4 Å². The molecule has 0 bridgehead atoms. The van der Waals surface area contributed by atoms with E-state index in [2.05, 4.69) is 5.32 Å². The van der Waals surface area contributed by atoms with Gasteiger partial charge in [-0.05, 0) is 54.8 Å². The molecule has 0 unspecified atom stereocenters. The van der Waals surface area contributed by atoms with Crippen molar-refractivity contribution >= 4 is 58.4 Å². The predicted molar refractivity (Wildman–Crippen MR) is 131 cm³/mol. The molecule has 0 heterocycles. The molecule has 0 saturated heterocycles. The third-order valence-electron chi connectivity index (χ3n) is 4.67. The molecule has 0 aliphatic carbocycles. The van der Waals surface area contributed by atoms with Crippen molar-refractivity contribution in [3.8, 4) is 0 Å². The SMILES string of the molecule is CCCNC(=O)[C@@H](CC)N(Cc1ccc(Cl)c(Cl)c1)C(=O)CCSc1ccc(Cl)cc1. The van der Waals surface area contributed by atoms with Gasteiger partial charge in [-0.1, -0.05) is 54.7 Å². The number of hydrogen-bond acceptors (Lipinski definition) is 3. The summed E-state index contributed by atoms with van der Waals surface area (Å²) in [5.41, 5.74) is 0.829. The molecule has 2 aromatic carbocycles. The molecule has 0 saturated carbocycles. The highest BCUT2D eigenvalue weighted by Crippen LogP contribution is 2.25. The van der Waals surface area contributed by atoms with Crippen LogP contribution in [0.3, 0.4) is 0 Å². The monoisotopic (exact) mass is 500 g/mol. The Labute approximate surface area is 203 Å². The fraction of sp³-hybridized carbons (Fsp3) is 0.391. The lowest BCUT2D eigenvalue weighted by Gasteiger charge is -2.30. The van der Waals surface area contributed by atoms with Crippen LogP contribution in [0, 0.1) is 0 Å². The summed E-state index contributed by atoms with van der Waals surface area (Å²) in [6, 6.07) is 12.2. The molecule has 0 aliphatic rings. The minimum absolute atomic E-state index is 0.0777. The molecular weight excluding hydrogens is 475 g/mol. The minimum Gasteiger partial charge on any atom is -0.354 e. The van der Waals surface area contributed by atoms with Gasteiger partial charge in [-0.2, -0.15) is 0 Å². The lowest BCUT2D eigenvalue weighted by atomic mass is 10.1. The Morgan fingerprint density at radius 1 is 1.03 bits per heavy atom. The molecule has 1 N–H and O–H groups in total. The van der Waals surface area contributed by atoms with Crippen molar-refractivity contribution in [2.45, 2.75) is 50.6 Å². The molecule has 0 spiro atoms. The number of rotatable bonds is 11. The normalized spacial score (nSPS) is 11.8. The van der Waals surface area contributed by atoms with E-state index in [1.807, 2.05) is 44.2 Å². The number of nitrogens with one attached hydrogen (secondary N) is 1. The van der Waals surface area contributed by atoms with Crippen LogP contribution in [-0.2, 0) is 16.1 Å². The van der Waals surface area contributed by atoms with Gasteiger partial charge in [-0.15, -0.1) is 11.8 Å². The van der Waals surface area contributed by atoms with E-state index in [1.54, 1.807) is 28.8 Å². The molecule has 0 aliphatic heterocycles. The summed E-state index contributed by atoms with van der Waals surface area (Å²) < 4.78 is 0. The van der Waals surface area contributed by atoms with Crippen molar-refractivity contribution in [3.63, 3.8) is 0 Å². The lowest BCUT2D eigenvalue weighted by molar-refractivity contribution is -0.141. The van der Waals surface area contributed by atoms with Crippen molar-refractivity contribution < 1.29 is 9.59 Å². The summed E-state index contributed by atoms with van der Waals surface area (Å²) in [6.07, 6.45) is 1.67. The van der Waals surface area contributed by atoms with Gasteiger partial charge in [-0.25, -0.2) is 0 Å². The second-order valence-corrected chi connectivity index (χ2v) is 9.46. The smallest absolute Gasteiger partial charge is 0.242 e. The summed E-state index contributed by atoms with van der Waals surface area (Å²) in [7, 11) is 0. The topological polar surface area (TPSA) is 49.4 Å². The minimum atomic E-state index is -0.547. The number of benzene rings is 2. The number of carbonyl (C=O) groups is 2. The zero-order valence-electron chi connectivity index (χ0n) is 17.7. The van der Waals surface area contributed by atoms with E-state index in [0.717, 1.165) is 16.9 Å². The Morgan fingerprint density at radius 2 is 1.74 bits per heavy atom. The Bertz CT molecular complexity index is 878. The van der Waals surface area contributed by atoms with E-state index < -0.39 is 6.04 Å². The number of carbonyl (C=O) groups excluding carboxylic acids is 2. The number of hydrogen-bond donors (Lipinski definition) is 1. The molecule has 2 amide bonds. The van der Waals surface area contributed by atoms with Crippen molar-refractivity contribution in [1.29, 1.82) is 0 Å². The fourth-order valence-electron chi connectivity index (χ4n) is 3.05. The first-order valence-electron chi connectivity index (χ1n) is 10.2. The third-order valence-corrected chi connectivity index (χ3v) is 6.68. The lowest BCUT2D eigenvalue weighted by Crippen LogP contribution is -2.49. The van der Waals surface area contributed by atoms with E-state index in [4.69, 9.17) is 34.8 Å². The Hall–Kier alpha value is -1.40. The number of amides is 2. The van der Waals surface area contributed by atoms with Gasteiger partial charge in [0.15, 0.2) is 0 Å². The van der Waals surface area contributed by atoms with Crippen LogP contribution in [-0.4, -0.2) is 35.1 Å². The molecule has 168 valence electrons. The maximum absolute atomic E-state index is 13.2. The average Bonchev–Trinajstić information content (AvgIpc) is 2.75. The molecule has 31 heavy (non-hydrogen) atoms. The van der Waals surface area contributed by atoms with E-state index in [1.165, 1.54) is 0 Å². The molecule has 0 radical (unpaired) electrons. The van der Waals surface area contributed by atoms with Crippen LogP contribution in [0.1, 0.15) is 38.7 Å². The molecule has 8 heteroatoms. The summed E-state index contributed by atoms with van der Waals surface area (Å²) >= 11 is 19.7. The van der Waals surface area contributed by atoms with Gasteiger partial charge in [0.1, 0.15) is 6.04 Å². The molecule has 1 atom stereocenters. The summed E-state index contributed by atoms with van der Waals surface area (Å²) in [4.78, 5) is 28.6. The zero-order valence-corrected chi connectivity index (χ0v) is 20.8. The standard InChI is InChI=1S/C23H27Cl3N2O2S/c1-3-12-27-23(30)21(4-2)28(15-16-5-10-19(25)20(26)14-16)22(29)11-13-31-18-8-6-17(24)7-9-18/h5-10,14,21H,3-4,11-13,15H2,1-2H3,(H,27,30)/t21-/m1/s1. The van der Waals surface area contributed by atoms with Crippen LogP contribution < -0.4 is 5.32 Å². The second kappa shape index (κ2) is 13.2. The number of thioether (sulfide) groups is 1. The van der Waals surface area contributed by atoms with Crippen molar-refractivity contribution in [3.05, 3.63) is 63.1 Å².